The predicted molar refractivity (Wildman–Crippen MR) is 138 cm³/mol. The van der Waals surface area contributed by atoms with Crippen molar-refractivity contribution in [1.29, 1.82) is 0 Å². The molecule has 2 N–H and O–H groups in total. The quantitative estimate of drug-likeness (QED) is 0.366. The summed E-state index contributed by atoms with van der Waals surface area (Å²) in [6.07, 6.45) is -3.04. The summed E-state index contributed by atoms with van der Waals surface area (Å²) in [7, 11) is 1.22. The average Bonchev–Trinajstić information content (AvgIpc) is 2.85. The summed E-state index contributed by atoms with van der Waals surface area (Å²) in [5, 5.41) is 13.0. The fourth-order valence-electron chi connectivity index (χ4n) is 3.40. The number of methoxy groups -OCH3 is 1. The molecule has 9 heteroatoms. The van der Waals surface area contributed by atoms with Gasteiger partial charge in [0, 0.05) is 0 Å². The minimum Gasteiger partial charge on any atom is -0.467 e. The monoisotopic (exact) mass is 517 g/mol. The molecule has 0 fully saturated rings. The topological polar surface area (TPSA) is 113 Å². The van der Waals surface area contributed by atoms with E-state index in [0.29, 0.717) is 0 Å². The van der Waals surface area contributed by atoms with Gasteiger partial charge in [-0.3, -0.25) is 0 Å². The Balaban J connectivity index is 2.08. The number of hydrogen-bond donors (Lipinski definition) is 2. The third-order valence-corrected chi connectivity index (χ3v) is 5.18. The summed E-state index contributed by atoms with van der Waals surface area (Å²) in [6.45, 7) is 7.11. The van der Waals surface area contributed by atoms with Gasteiger partial charge in [-0.1, -0.05) is 60.7 Å². The minimum absolute atomic E-state index is 0.0132. The highest BCUT2D eigenvalue weighted by molar-refractivity contribution is 5.81. The van der Waals surface area contributed by atoms with Gasteiger partial charge >= 0.3 is 12.1 Å². The molecule has 37 heavy (non-hydrogen) atoms. The summed E-state index contributed by atoms with van der Waals surface area (Å²) in [4.78, 5) is 24.4. The summed E-state index contributed by atoms with van der Waals surface area (Å²) in [5.74, 6) is -0.681. The zero-order chi connectivity index (χ0) is 27.3. The van der Waals surface area contributed by atoms with Crippen molar-refractivity contribution < 1.29 is 38.4 Å². The Morgan fingerprint density at radius 3 is 1.92 bits per heavy atom. The zero-order valence-corrected chi connectivity index (χ0v) is 22.2. The maximum Gasteiger partial charge on any atom is 0.408 e. The number of rotatable bonds is 14. The second kappa shape index (κ2) is 15.3. The average molecular weight is 518 g/mol. The molecule has 2 aromatic carbocycles. The molecular weight excluding hydrogens is 478 g/mol. The lowest BCUT2D eigenvalue weighted by Crippen LogP contribution is -2.48. The first-order valence-electron chi connectivity index (χ1n) is 12.2. The van der Waals surface area contributed by atoms with Crippen LogP contribution in [0.2, 0.25) is 0 Å². The van der Waals surface area contributed by atoms with E-state index in [2.05, 4.69) is 5.32 Å². The molecule has 0 aliphatic rings. The van der Waals surface area contributed by atoms with Crippen LogP contribution in [0.15, 0.2) is 60.7 Å². The van der Waals surface area contributed by atoms with E-state index < -0.39 is 42.0 Å². The van der Waals surface area contributed by atoms with Crippen molar-refractivity contribution in [2.45, 2.75) is 70.9 Å². The van der Waals surface area contributed by atoms with Crippen molar-refractivity contribution in [3.63, 3.8) is 0 Å². The predicted octanol–water partition coefficient (Wildman–Crippen LogP) is 3.62. The molecule has 0 aliphatic carbocycles. The van der Waals surface area contributed by atoms with E-state index in [9.17, 15) is 14.7 Å². The Hall–Kier alpha value is -2.98. The van der Waals surface area contributed by atoms with Crippen LogP contribution in [0.5, 0.6) is 0 Å². The molecule has 0 unspecified atom stereocenters. The van der Waals surface area contributed by atoms with Crippen molar-refractivity contribution in [1.82, 2.24) is 5.32 Å². The van der Waals surface area contributed by atoms with Crippen molar-refractivity contribution in [3.05, 3.63) is 71.8 Å². The van der Waals surface area contributed by atoms with Crippen LogP contribution in [0.1, 0.15) is 38.8 Å². The standard InChI is InChI=1S/C28H39NO8/c1-20(30)25(36-17-22-14-10-7-11-15-22)24(35-16-21-12-8-6-9-13-21)19-34-18-23(26(31)33-5)29-27(32)37-28(2,3)4/h6-15,20,23-25,30H,16-19H2,1-5H3,(H,29,32)/t20-,23-,24-,25-/m0/s1. The van der Waals surface area contributed by atoms with Crippen LogP contribution in [0.25, 0.3) is 0 Å². The van der Waals surface area contributed by atoms with Crippen LogP contribution in [0.4, 0.5) is 4.79 Å². The maximum absolute atomic E-state index is 12.2. The van der Waals surface area contributed by atoms with Gasteiger partial charge in [0.2, 0.25) is 0 Å². The second-order valence-electron chi connectivity index (χ2n) is 9.60. The van der Waals surface area contributed by atoms with Crippen molar-refractivity contribution >= 4 is 12.1 Å². The third kappa shape index (κ3) is 11.7. The number of hydrogen-bond acceptors (Lipinski definition) is 8. The lowest BCUT2D eigenvalue weighted by Gasteiger charge is -2.30. The van der Waals surface area contributed by atoms with Crippen LogP contribution in [0.3, 0.4) is 0 Å². The normalized spacial score (nSPS) is 14.8. The summed E-state index contributed by atoms with van der Waals surface area (Å²) < 4.78 is 28.0. The molecule has 0 heterocycles. The molecule has 0 saturated carbocycles. The largest absolute Gasteiger partial charge is 0.467 e. The van der Waals surface area contributed by atoms with Gasteiger partial charge < -0.3 is 34.1 Å². The molecule has 0 bridgehead atoms. The zero-order valence-electron chi connectivity index (χ0n) is 22.2. The first-order valence-corrected chi connectivity index (χ1v) is 12.2. The fraction of sp³-hybridized carbons (Fsp3) is 0.500. The van der Waals surface area contributed by atoms with Crippen molar-refractivity contribution in [2.75, 3.05) is 20.3 Å². The maximum atomic E-state index is 12.2. The van der Waals surface area contributed by atoms with Gasteiger partial charge in [-0.15, -0.1) is 0 Å². The fourth-order valence-corrected chi connectivity index (χ4v) is 3.40. The van der Waals surface area contributed by atoms with E-state index in [4.69, 9.17) is 23.7 Å². The molecule has 0 aromatic heterocycles. The molecule has 4 atom stereocenters. The Bertz CT molecular complexity index is 930. The van der Waals surface area contributed by atoms with Crippen LogP contribution in [-0.4, -0.2) is 67.4 Å². The molecule has 9 nitrogen and oxygen atoms in total. The minimum atomic E-state index is -1.09. The molecule has 0 radical (unpaired) electrons. The Kier molecular flexibility index (Phi) is 12.5. The van der Waals surface area contributed by atoms with Gasteiger partial charge in [0.25, 0.3) is 0 Å². The Morgan fingerprint density at radius 1 is 0.892 bits per heavy atom. The molecule has 2 rings (SSSR count). The van der Waals surface area contributed by atoms with Gasteiger partial charge in [-0.05, 0) is 38.8 Å². The number of benzene rings is 2. The van der Waals surface area contributed by atoms with Crippen molar-refractivity contribution in [2.24, 2.45) is 0 Å². The van der Waals surface area contributed by atoms with E-state index in [1.165, 1.54) is 7.11 Å². The Morgan fingerprint density at radius 2 is 1.43 bits per heavy atom. The van der Waals surface area contributed by atoms with Crippen LogP contribution >= 0.6 is 0 Å². The third-order valence-electron chi connectivity index (χ3n) is 5.18. The molecule has 204 valence electrons. The SMILES string of the molecule is COC(=O)[C@H](COC[C@H](OCc1ccccc1)[C@@H](OCc1ccccc1)[C@H](C)O)NC(=O)OC(C)(C)C. The lowest BCUT2D eigenvalue weighted by molar-refractivity contribution is -0.154. The van der Waals surface area contributed by atoms with Gasteiger partial charge in [0.1, 0.15) is 17.8 Å². The molecule has 0 spiro atoms. The van der Waals surface area contributed by atoms with E-state index in [0.717, 1.165) is 11.1 Å². The van der Waals surface area contributed by atoms with Gasteiger partial charge in [0.05, 0.1) is 39.6 Å². The number of aliphatic hydroxyl groups excluding tert-OH is 1. The smallest absolute Gasteiger partial charge is 0.408 e. The van der Waals surface area contributed by atoms with Gasteiger partial charge in [-0.2, -0.15) is 0 Å². The lowest BCUT2D eigenvalue weighted by atomic mass is 10.1. The number of ether oxygens (including phenoxy) is 5. The van der Waals surface area contributed by atoms with Crippen molar-refractivity contribution in [3.8, 4) is 0 Å². The van der Waals surface area contributed by atoms with Crippen LogP contribution in [-0.2, 0) is 41.7 Å². The van der Waals surface area contributed by atoms with E-state index in [1.807, 2.05) is 60.7 Å². The van der Waals surface area contributed by atoms with Crippen LogP contribution < -0.4 is 5.32 Å². The summed E-state index contributed by atoms with van der Waals surface area (Å²) in [6, 6.07) is 18.1. The van der Waals surface area contributed by atoms with Gasteiger partial charge in [0.15, 0.2) is 6.04 Å². The number of carbonyl (C=O) groups excluding carboxylic acids is 2. The second-order valence-corrected chi connectivity index (χ2v) is 9.60. The summed E-state index contributed by atoms with van der Waals surface area (Å²) >= 11 is 0. The summed E-state index contributed by atoms with van der Waals surface area (Å²) in [5.41, 5.74) is 1.16. The number of nitrogens with one attached hydrogen (secondary N) is 1. The Labute approximate surface area is 219 Å². The number of carbonyl (C=O) groups is 2. The molecule has 0 saturated heterocycles. The first-order chi connectivity index (χ1) is 17.6. The van der Waals surface area contributed by atoms with E-state index >= 15 is 0 Å². The van der Waals surface area contributed by atoms with Gasteiger partial charge in [-0.25, -0.2) is 9.59 Å². The molecular formula is C28H39NO8. The van der Waals surface area contributed by atoms with Crippen LogP contribution in [0, 0.1) is 0 Å². The highest BCUT2D eigenvalue weighted by Gasteiger charge is 2.30. The molecule has 1 amide bonds. The number of alkyl carbamates (subject to hydrolysis) is 1. The number of esters is 1. The number of aliphatic hydroxyl groups is 1. The highest BCUT2D eigenvalue weighted by atomic mass is 16.6. The first kappa shape index (κ1) is 30.2. The van der Waals surface area contributed by atoms with E-state index in [-0.39, 0.29) is 26.4 Å². The molecule has 0 aliphatic heterocycles. The highest BCUT2D eigenvalue weighted by Crippen LogP contribution is 2.16. The number of amides is 1. The molecule has 2 aromatic rings. The van der Waals surface area contributed by atoms with E-state index in [1.54, 1.807) is 27.7 Å².